The molecule has 0 aliphatic carbocycles. The van der Waals surface area contributed by atoms with Crippen molar-refractivity contribution < 1.29 is 19.5 Å². The molecule has 3 rings (SSSR count). The molecule has 0 saturated heterocycles. The smallest absolute Gasteiger partial charge is 0.323 e. The van der Waals surface area contributed by atoms with Gasteiger partial charge < -0.3 is 14.9 Å². The van der Waals surface area contributed by atoms with Crippen molar-refractivity contribution in [2.24, 2.45) is 0 Å². The van der Waals surface area contributed by atoms with E-state index in [1.807, 2.05) is 0 Å². The number of carbonyl (C=O) groups excluding carboxylic acids is 2. The fraction of sp³-hybridized carbons (Fsp3) is 0.312. The zero-order valence-electron chi connectivity index (χ0n) is 12.8. The lowest BCUT2D eigenvalue weighted by atomic mass is 9.84. The molecule has 1 atom stereocenters. The van der Waals surface area contributed by atoms with Gasteiger partial charge in [0.1, 0.15) is 6.54 Å². The molecule has 0 saturated carbocycles. The zero-order chi connectivity index (χ0) is 17.6. The number of amides is 2. The Morgan fingerprint density at radius 3 is 2.71 bits per heavy atom. The lowest BCUT2D eigenvalue weighted by Gasteiger charge is -2.31. The summed E-state index contributed by atoms with van der Waals surface area (Å²) in [6.45, 7) is -0.267. The molecule has 1 aromatic carbocycles. The molecule has 2 aliphatic heterocycles. The van der Waals surface area contributed by atoms with Crippen LogP contribution in [0.1, 0.15) is 17.9 Å². The average molecular weight is 369 g/mol. The third kappa shape index (κ3) is 2.76. The van der Waals surface area contributed by atoms with Crippen LogP contribution in [0, 0.1) is 0 Å². The Balaban J connectivity index is 2.13. The van der Waals surface area contributed by atoms with Crippen molar-refractivity contribution in [3.8, 4) is 0 Å². The summed E-state index contributed by atoms with van der Waals surface area (Å²) in [5, 5.41) is 9.91. The standard InChI is InChI=1S/C16H14Cl2N2O4/c1-19-6-12-15(16(19)24)10(5-13(21)20(12)7-14(22)23)9-4-8(17)2-3-11(9)18/h2-4,10H,5-7H2,1H3,(H,22,23). The van der Waals surface area contributed by atoms with E-state index in [9.17, 15) is 14.4 Å². The molecule has 6 nitrogen and oxygen atoms in total. The first-order valence-corrected chi connectivity index (χ1v) is 8.00. The molecule has 2 amide bonds. The molecule has 0 spiro atoms. The number of carbonyl (C=O) groups is 3. The van der Waals surface area contributed by atoms with E-state index in [1.165, 1.54) is 9.80 Å². The number of likely N-dealkylation sites (N-methyl/N-ethyl adjacent to an activating group) is 1. The Morgan fingerprint density at radius 1 is 1.33 bits per heavy atom. The van der Waals surface area contributed by atoms with E-state index in [1.54, 1.807) is 25.2 Å². The fourth-order valence-electron chi connectivity index (χ4n) is 3.19. The Morgan fingerprint density at radius 2 is 2.04 bits per heavy atom. The van der Waals surface area contributed by atoms with Gasteiger partial charge in [-0.1, -0.05) is 23.2 Å². The number of carboxylic acid groups (broad SMARTS) is 1. The second-order valence-electron chi connectivity index (χ2n) is 5.82. The summed E-state index contributed by atoms with van der Waals surface area (Å²) in [5.74, 6) is -2.23. The monoisotopic (exact) mass is 368 g/mol. The molecule has 0 bridgehead atoms. The van der Waals surface area contributed by atoms with Crippen molar-refractivity contribution >= 4 is 41.0 Å². The van der Waals surface area contributed by atoms with Crippen LogP contribution in [0.15, 0.2) is 29.5 Å². The van der Waals surface area contributed by atoms with Crippen molar-refractivity contribution in [1.82, 2.24) is 9.80 Å². The lowest BCUT2D eigenvalue weighted by Crippen LogP contribution is -2.40. The van der Waals surface area contributed by atoms with Gasteiger partial charge in [-0.15, -0.1) is 0 Å². The van der Waals surface area contributed by atoms with Crippen LogP contribution >= 0.6 is 23.2 Å². The van der Waals surface area contributed by atoms with Crippen molar-refractivity contribution in [2.45, 2.75) is 12.3 Å². The number of halogens is 2. The number of hydrogen-bond donors (Lipinski definition) is 1. The van der Waals surface area contributed by atoms with Gasteiger partial charge in [0, 0.05) is 35.0 Å². The maximum atomic E-state index is 12.6. The van der Waals surface area contributed by atoms with Crippen LogP contribution in [0.3, 0.4) is 0 Å². The maximum Gasteiger partial charge on any atom is 0.323 e. The van der Waals surface area contributed by atoms with Gasteiger partial charge in [0.25, 0.3) is 5.91 Å². The van der Waals surface area contributed by atoms with Crippen molar-refractivity contribution in [2.75, 3.05) is 20.1 Å². The minimum atomic E-state index is -1.13. The van der Waals surface area contributed by atoms with E-state index in [0.717, 1.165) is 0 Å². The zero-order valence-corrected chi connectivity index (χ0v) is 14.3. The molecular weight excluding hydrogens is 355 g/mol. The third-order valence-corrected chi connectivity index (χ3v) is 4.84. The van der Waals surface area contributed by atoms with E-state index < -0.39 is 18.4 Å². The summed E-state index contributed by atoms with van der Waals surface area (Å²) in [6.07, 6.45) is -0.0221. The third-order valence-electron chi connectivity index (χ3n) is 4.26. The number of nitrogens with zero attached hydrogens (tertiary/aromatic N) is 2. The number of rotatable bonds is 3. The van der Waals surface area contributed by atoms with Gasteiger partial charge in [-0.05, 0) is 23.8 Å². The van der Waals surface area contributed by atoms with Gasteiger partial charge in [-0.2, -0.15) is 0 Å². The lowest BCUT2D eigenvalue weighted by molar-refractivity contribution is -0.143. The fourth-order valence-corrected chi connectivity index (χ4v) is 3.62. The van der Waals surface area contributed by atoms with Gasteiger partial charge in [0.2, 0.25) is 5.91 Å². The SMILES string of the molecule is CN1CC2=C(C1=O)C(c1cc(Cl)ccc1Cl)CC(=O)N2CC(=O)O. The summed E-state index contributed by atoms with van der Waals surface area (Å²) in [5.41, 5.74) is 1.45. The Kier molecular flexibility index (Phi) is 4.27. The summed E-state index contributed by atoms with van der Waals surface area (Å²) in [7, 11) is 1.61. The van der Waals surface area contributed by atoms with E-state index in [4.69, 9.17) is 28.3 Å². The van der Waals surface area contributed by atoms with E-state index in [2.05, 4.69) is 0 Å². The maximum absolute atomic E-state index is 12.6. The van der Waals surface area contributed by atoms with Crippen LogP contribution in [-0.4, -0.2) is 52.8 Å². The van der Waals surface area contributed by atoms with Gasteiger partial charge >= 0.3 is 5.97 Å². The summed E-state index contributed by atoms with van der Waals surface area (Å²) in [4.78, 5) is 38.8. The highest BCUT2D eigenvalue weighted by Crippen LogP contribution is 2.43. The minimum Gasteiger partial charge on any atom is -0.480 e. The molecule has 2 heterocycles. The highest BCUT2D eigenvalue weighted by atomic mass is 35.5. The largest absolute Gasteiger partial charge is 0.480 e. The number of hydrogen-bond acceptors (Lipinski definition) is 3. The van der Waals surface area contributed by atoms with Crippen LogP contribution in [0.2, 0.25) is 10.0 Å². The molecule has 0 radical (unpaired) electrons. The van der Waals surface area contributed by atoms with Crippen LogP contribution < -0.4 is 0 Å². The quantitative estimate of drug-likeness (QED) is 0.886. The van der Waals surface area contributed by atoms with Gasteiger partial charge in [0.15, 0.2) is 0 Å². The number of aliphatic carboxylic acids is 1. The highest BCUT2D eigenvalue weighted by molar-refractivity contribution is 6.33. The van der Waals surface area contributed by atoms with Crippen LogP contribution in [0.5, 0.6) is 0 Å². The molecule has 1 unspecified atom stereocenters. The normalized spacial score (nSPS) is 20.7. The van der Waals surface area contributed by atoms with Gasteiger partial charge in [-0.25, -0.2) is 0 Å². The second kappa shape index (κ2) is 6.11. The van der Waals surface area contributed by atoms with E-state index in [-0.39, 0.29) is 24.8 Å². The van der Waals surface area contributed by atoms with Crippen molar-refractivity contribution in [3.63, 3.8) is 0 Å². The number of carboxylic acids is 1. The van der Waals surface area contributed by atoms with Crippen LogP contribution in [0.25, 0.3) is 0 Å². The summed E-state index contributed by atoms with van der Waals surface area (Å²) >= 11 is 12.3. The molecule has 8 heteroatoms. The van der Waals surface area contributed by atoms with Crippen LogP contribution in [0.4, 0.5) is 0 Å². The molecule has 2 aliphatic rings. The minimum absolute atomic E-state index is 0.0221. The topological polar surface area (TPSA) is 77.9 Å². The van der Waals surface area contributed by atoms with Gasteiger partial charge in [0.05, 0.1) is 12.2 Å². The highest BCUT2D eigenvalue weighted by Gasteiger charge is 2.44. The van der Waals surface area contributed by atoms with E-state index >= 15 is 0 Å². The molecule has 0 fully saturated rings. The van der Waals surface area contributed by atoms with E-state index in [0.29, 0.717) is 26.9 Å². The van der Waals surface area contributed by atoms with Crippen LogP contribution in [-0.2, 0) is 14.4 Å². The van der Waals surface area contributed by atoms with Crippen molar-refractivity contribution in [1.29, 1.82) is 0 Å². The first-order chi connectivity index (χ1) is 11.3. The molecule has 1 N–H and O–H groups in total. The van der Waals surface area contributed by atoms with Crippen molar-refractivity contribution in [3.05, 3.63) is 45.1 Å². The first-order valence-electron chi connectivity index (χ1n) is 7.25. The average Bonchev–Trinajstić information content (AvgIpc) is 2.80. The molecule has 0 aromatic heterocycles. The Bertz CT molecular complexity index is 790. The summed E-state index contributed by atoms with van der Waals surface area (Å²) in [6, 6.07) is 4.90. The Hall–Kier alpha value is -2.05. The predicted octanol–water partition coefficient (Wildman–Crippen LogP) is 2.12. The predicted molar refractivity (Wildman–Crippen MR) is 87.8 cm³/mol. The molecular formula is C16H14Cl2N2O4. The molecule has 24 heavy (non-hydrogen) atoms. The molecule has 126 valence electrons. The van der Waals surface area contributed by atoms with Gasteiger partial charge in [-0.3, -0.25) is 14.4 Å². The second-order valence-corrected chi connectivity index (χ2v) is 6.66. The first kappa shape index (κ1) is 16.8. The number of benzene rings is 1. The molecule has 1 aromatic rings. The summed E-state index contributed by atoms with van der Waals surface area (Å²) < 4.78 is 0. The Labute approximate surface area is 148 Å².